The quantitative estimate of drug-likeness (QED) is 0.320. The zero-order valence-corrected chi connectivity index (χ0v) is 4.30. The van der Waals surface area contributed by atoms with Crippen molar-refractivity contribution in [2.24, 2.45) is 0 Å². The second-order valence-corrected chi connectivity index (χ2v) is 1.16. The van der Waals surface area contributed by atoms with Crippen molar-refractivity contribution in [3.8, 4) is 0 Å². The van der Waals surface area contributed by atoms with E-state index in [-0.39, 0.29) is 0 Å². The molecule has 32 valence electrons. The van der Waals surface area contributed by atoms with Gasteiger partial charge in [0.1, 0.15) is 0 Å². The molecule has 0 aromatic rings. The average molecular weight is 113 g/mol. The third kappa shape index (κ3) is 4.60. The lowest BCUT2D eigenvalue weighted by Gasteiger charge is -1.80. The van der Waals surface area contributed by atoms with Gasteiger partial charge in [0.05, 0.1) is 6.61 Å². The maximum atomic E-state index is 5.13. The first-order valence-electron chi connectivity index (χ1n) is 1.24. The van der Waals surface area contributed by atoms with Crippen LogP contribution in [0.5, 0.6) is 0 Å². The van der Waals surface area contributed by atoms with Gasteiger partial charge in [0, 0.05) is 5.88 Å². The van der Waals surface area contributed by atoms with Crippen molar-refractivity contribution >= 4 is 24.5 Å². The average Bonchev–Trinajstić information content (AvgIpc) is 1.41. The molecule has 0 unspecified atom stereocenters. The van der Waals surface area contributed by atoms with Gasteiger partial charge in [-0.1, -0.05) is 0 Å². The van der Waals surface area contributed by atoms with Crippen molar-refractivity contribution < 1.29 is 4.18 Å². The molecule has 0 aromatic carbocycles. The Balaban J connectivity index is 2.19. The minimum absolute atomic E-state index is 0.517. The summed E-state index contributed by atoms with van der Waals surface area (Å²) in [6.45, 7) is 0.519. The van der Waals surface area contributed by atoms with Crippen LogP contribution in [-0.4, -0.2) is 12.5 Å². The van der Waals surface area contributed by atoms with E-state index in [4.69, 9.17) is 11.6 Å². The van der Waals surface area contributed by atoms with Crippen molar-refractivity contribution in [3.63, 3.8) is 0 Å². The maximum absolute atomic E-state index is 5.13. The van der Waals surface area contributed by atoms with Crippen molar-refractivity contribution in [1.82, 2.24) is 0 Å². The Kier molecular flexibility index (Phi) is 5.15. The highest BCUT2D eigenvalue weighted by molar-refractivity contribution is 7.75. The third-order valence-corrected chi connectivity index (χ3v) is 0.505. The summed E-state index contributed by atoms with van der Waals surface area (Å²) in [7, 11) is 0. The van der Waals surface area contributed by atoms with E-state index in [0.29, 0.717) is 12.5 Å². The molecule has 0 atom stereocenters. The molecule has 1 nitrogen and oxygen atoms in total. The molecule has 5 heavy (non-hydrogen) atoms. The molecule has 0 N–H and O–H groups in total. The molecule has 0 fully saturated rings. The smallest absolute Gasteiger partial charge is 0.0746 e. The minimum Gasteiger partial charge on any atom is -0.317 e. The van der Waals surface area contributed by atoms with Gasteiger partial charge < -0.3 is 4.18 Å². The second kappa shape index (κ2) is 4.60. The number of thiol groups is 1. The summed E-state index contributed by atoms with van der Waals surface area (Å²) in [4.78, 5) is 0. The topological polar surface area (TPSA) is 9.23 Å². The van der Waals surface area contributed by atoms with Gasteiger partial charge >= 0.3 is 0 Å². The van der Waals surface area contributed by atoms with Crippen LogP contribution in [-0.2, 0) is 4.18 Å². The van der Waals surface area contributed by atoms with Crippen LogP contribution in [0.3, 0.4) is 0 Å². The lowest BCUT2D eigenvalue weighted by Crippen LogP contribution is -1.80. The molecule has 0 aliphatic carbocycles. The molecule has 3 heteroatoms. The number of rotatable bonds is 2. The van der Waals surface area contributed by atoms with E-state index >= 15 is 0 Å². The molecule has 0 spiro atoms. The van der Waals surface area contributed by atoms with Crippen LogP contribution in [0.25, 0.3) is 0 Å². The third-order valence-electron chi connectivity index (χ3n) is 0.168. The fraction of sp³-hybridized carbons (Fsp3) is 1.00. The molecule has 0 aromatic heterocycles. The summed E-state index contributed by atoms with van der Waals surface area (Å²) in [6, 6.07) is 0. The Morgan fingerprint density at radius 3 is 2.40 bits per heavy atom. The summed E-state index contributed by atoms with van der Waals surface area (Å²) in [6.07, 6.45) is 0. The Morgan fingerprint density at radius 1 is 1.80 bits per heavy atom. The Morgan fingerprint density at radius 2 is 2.40 bits per heavy atom. The molecule has 0 saturated carbocycles. The van der Waals surface area contributed by atoms with Crippen molar-refractivity contribution in [2.75, 3.05) is 12.5 Å². The van der Waals surface area contributed by atoms with Crippen LogP contribution in [0, 0.1) is 0 Å². The number of hydrogen-bond acceptors (Lipinski definition) is 2. The lowest BCUT2D eigenvalue weighted by atomic mass is 10.9. The largest absolute Gasteiger partial charge is 0.317 e. The van der Waals surface area contributed by atoms with Gasteiger partial charge in [-0.25, -0.2) is 0 Å². The fourth-order valence-corrected chi connectivity index (χ4v) is 0.311. The predicted octanol–water partition coefficient (Wildman–Crippen LogP) is 1.09. The van der Waals surface area contributed by atoms with Crippen LogP contribution in [0.15, 0.2) is 0 Å². The van der Waals surface area contributed by atoms with Crippen LogP contribution in [0.1, 0.15) is 0 Å². The molecule has 0 heterocycles. The Hall–Kier alpha value is 0.600. The monoisotopic (exact) mass is 112 g/mol. The van der Waals surface area contributed by atoms with Crippen LogP contribution in [0.4, 0.5) is 0 Å². The standard InChI is InChI=1S/C2H5ClOS/c3-1-2-4-5/h5H,1-2H2. The summed E-state index contributed by atoms with van der Waals surface area (Å²) < 4.78 is 4.25. The summed E-state index contributed by atoms with van der Waals surface area (Å²) >= 11 is 8.54. The number of alkyl halides is 1. The highest BCUT2D eigenvalue weighted by atomic mass is 35.5. The van der Waals surface area contributed by atoms with Crippen molar-refractivity contribution in [1.29, 1.82) is 0 Å². The van der Waals surface area contributed by atoms with E-state index in [2.05, 4.69) is 17.1 Å². The zero-order valence-electron chi connectivity index (χ0n) is 2.65. The Bertz CT molecular complexity index is 17.1. The highest BCUT2D eigenvalue weighted by Crippen LogP contribution is 1.78. The zero-order chi connectivity index (χ0) is 4.12. The maximum Gasteiger partial charge on any atom is 0.0746 e. The predicted molar refractivity (Wildman–Crippen MR) is 25.7 cm³/mol. The summed E-state index contributed by atoms with van der Waals surface area (Å²) in [5.41, 5.74) is 0. The number of hydrogen-bond donors (Lipinski definition) is 1. The van der Waals surface area contributed by atoms with Gasteiger partial charge in [0.2, 0.25) is 0 Å². The van der Waals surface area contributed by atoms with Gasteiger partial charge in [-0.2, -0.15) is 0 Å². The molecule has 0 amide bonds. The highest BCUT2D eigenvalue weighted by Gasteiger charge is 1.69. The van der Waals surface area contributed by atoms with E-state index in [1.807, 2.05) is 0 Å². The molecule has 0 aliphatic rings. The van der Waals surface area contributed by atoms with E-state index in [1.165, 1.54) is 0 Å². The molecule has 0 saturated heterocycles. The first-order valence-corrected chi connectivity index (χ1v) is 2.14. The molecule has 0 bridgehead atoms. The van der Waals surface area contributed by atoms with Gasteiger partial charge in [-0.05, 0) is 12.9 Å². The minimum atomic E-state index is 0.517. The fourth-order valence-electron chi connectivity index (χ4n) is 0.0345. The normalized spacial score (nSPS) is 8.40. The van der Waals surface area contributed by atoms with E-state index in [0.717, 1.165) is 0 Å². The van der Waals surface area contributed by atoms with Gasteiger partial charge in [0.15, 0.2) is 0 Å². The van der Waals surface area contributed by atoms with Gasteiger partial charge in [-0.15, -0.1) is 11.6 Å². The van der Waals surface area contributed by atoms with Gasteiger partial charge in [-0.3, -0.25) is 0 Å². The summed E-state index contributed by atoms with van der Waals surface area (Å²) in [5.74, 6) is 0.517. The molecule has 0 radical (unpaired) electrons. The molecular formula is C2H5ClOS. The molecule has 0 aliphatic heterocycles. The SMILES string of the molecule is SOCCCl. The van der Waals surface area contributed by atoms with Crippen molar-refractivity contribution in [3.05, 3.63) is 0 Å². The van der Waals surface area contributed by atoms with Gasteiger partial charge in [0.25, 0.3) is 0 Å². The Labute approximate surface area is 41.9 Å². The first kappa shape index (κ1) is 5.60. The van der Waals surface area contributed by atoms with E-state index in [9.17, 15) is 0 Å². The van der Waals surface area contributed by atoms with Crippen molar-refractivity contribution in [2.45, 2.75) is 0 Å². The molecular weight excluding hydrogens is 108 g/mol. The van der Waals surface area contributed by atoms with E-state index < -0.39 is 0 Å². The van der Waals surface area contributed by atoms with E-state index in [1.54, 1.807) is 0 Å². The summed E-state index contributed by atoms with van der Waals surface area (Å²) in [5, 5.41) is 0. The first-order chi connectivity index (χ1) is 2.41. The van der Waals surface area contributed by atoms with Crippen LogP contribution >= 0.6 is 24.5 Å². The second-order valence-electron chi connectivity index (χ2n) is 0.522. The van der Waals surface area contributed by atoms with Crippen LogP contribution in [0.2, 0.25) is 0 Å². The number of halogens is 1. The lowest BCUT2D eigenvalue weighted by molar-refractivity contribution is 0.413. The van der Waals surface area contributed by atoms with Crippen LogP contribution < -0.4 is 0 Å². The molecule has 0 rings (SSSR count).